The molecule has 0 bridgehead atoms. The summed E-state index contributed by atoms with van der Waals surface area (Å²) < 4.78 is 4.48. The van der Waals surface area contributed by atoms with Gasteiger partial charge in [0.05, 0.1) is 40.6 Å². The number of aromatic nitrogens is 3. The number of hydrogen-bond acceptors (Lipinski definition) is 2. The van der Waals surface area contributed by atoms with E-state index in [1.807, 2.05) is 18.5 Å². The highest BCUT2D eigenvalue weighted by molar-refractivity contribution is 6.28. The molecule has 144 valence electrons. The van der Waals surface area contributed by atoms with E-state index >= 15 is 0 Å². The maximum atomic E-state index is 9.85. The number of hydrogen-bond donors (Lipinski definition) is 0. The van der Waals surface area contributed by atoms with Crippen LogP contribution in [0.1, 0.15) is 11.1 Å². The van der Waals surface area contributed by atoms with E-state index in [9.17, 15) is 5.26 Å². The molecule has 4 heteroatoms. The maximum Gasteiger partial charge on any atom is 0.287 e. The fraction of sp³-hybridized carbons (Fsp3) is 0.0741. The molecule has 0 unspecified atom stereocenters. The Bertz CT molecular complexity index is 1920. The van der Waals surface area contributed by atoms with Crippen LogP contribution in [0.2, 0.25) is 0 Å². The van der Waals surface area contributed by atoms with Gasteiger partial charge in [-0.05, 0) is 58.6 Å². The van der Waals surface area contributed by atoms with Crippen LogP contribution in [-0.4, -0.2) is 9.38 Å². The fourth-order valence-electron chi connectivity index (χ4n) is 5.50. The minimum Gasteiger partial charge on any atom is -0.307 e. The number of rotatable bonds is 0. The normalized spacial score (nSPS) is 12.2. The highest BCUT2D eigenvalue weighted by Crippen LogP contribution is 2.42. The van der Waals surface area contributed by atoms with Crippen molar-refractivity contribution in [1.82, 2.24) is 9.38 Å². The van der Waals surface area contributed by atoms with Gasteiger partial charge in [0.2, 0.25) is 0 Å². The van der Waals surface area contributed by atoms with Gasteiger partial charge >= 0.3 is 0 Å². The van der Waals surface area contributed by atoms with Crippen LogP contribution in [0.5, 0.6) is 0 Å². The molecule has 0 fully saturated rings. The smallest absolute Gasteiger partial charge is 0.287 e. The van der Waals surface area contributed by atoms with E-state index in [1.54, 1.807) is 0 Å². The van der Waals surface area contributed by atoms with E-state index in [0.717, 1.165) is 38.2 Å². The van der Waals surface area contributed by atoms with Gasteiger partial charge < -0.3 is 4.40 Å². The third kappa shape index (κ3) is 1.85. The van der Waals surface area contributed by atoms with Crippen molar-refractivity contribution in [3.8, 4) is 6.07 Å². The summed E-state index contributed by atoms with van der Waals surface area (Å²) in [6, 6.07) is 23.5. The molecule has 0 aliphatic rings. The summed E-state index contributed by atoms with van der Waals surface area (Å²) in [5, 5.41) is 16.8. The minimum atomic E-state index is 0.705. The second kappa shape index (κ2) is 5.47. The van der Waals surface area contributed by atoms with Gasteiger partial charge in [-0.3, -0.25) is 0 Å². The Morgan fingerprint density at radius 3 is 2.65 bits per heavy atom. The van der Waals surface area contributed by atoms with Gasteiger partial charge in [0.15, 0.2) is 5.52 Å². The SMILES string of the molecule is Cc1c2ccccc2cc2c1c1c3c(ccc4c5c(C#N)cccc5n2c43)nc[n+]1C. The molecule has 3 aromatic heterocycles. The first-order chi connectivity index (χ1) is 15.2. The summed E-state index contributed by atoms with van der Waals surface area (Å²) in [5.74, 6) is 0. The Hall–Kier alpha value is -4.23. The zero-order valence-electron chi connectivity index (χ0n) is 17.1. The lowest BCUT2D eigenvalue weighted by Crippen LogP contribution is -2.30. The average molecular weight is 397 g/mol. The van der Waals surface area contributed by atoms with Crippen LogP contribution in [0.4, 0.5) is 0 Å². The van der Waals surface area contributed by atoms with E-state index in [0.29, 0.717) is 5.56 Å². The van der Waals surface area contributed by atoms with Gasteiger partial charge in [-0.1, -0.05) is 30.3 Å². The monoisotopic (exact) mass is 397 g/mol. The molecular formula is C27H17N4+. The predicted molar refractivity (Wildman–Crippen MR) is 125 cm³/mol. The van der Waals surface area contributed by atoms with Gasteiger partial charge in [-0.25, -0.2) is 4.57 Å². The molecule has 31 heavy (non-hydrogen) atoms. The predicted octanol–water partition coefficient (Wildman–Crippen LogP) is 5.54. The first-order valence-electron chi connectivity index (χ1n) is 10.4. The van der Waals surface area contributed by atoms with E-state index in [4.69, 9.17) is 4.98 Å². The summed E-state index contributed by atoms with van der Waals surface area (Å²) in [6.45, 7) is 2.21. The van der Waals surface area contributed by atoms with Crippen LogP contribution in [0.25, 0.3) is 59.9 Å². The Morgan fingerprint density at radius 1 is 0.903 bits per heavy atom. The molecular weight excluding hydrogens is 380 g/mol. The zero-order chi connectivity index (χ0) is 20.9. The van der Waals surface area contributed by atoms with Gasteiger partial charge in [-0.2, -0.15) is 5.26 Å². The molecule has 0 saturated heterocycles. The lowest BCUT2D eigenvalue weighted by atomic mass is 9.97. The summed E-state index contributed by atoms with van der Waals surface area (Å²) in [4.78, 5) is 4.73. The second-order valence-electron chi connectivity index (χ2n) is 8.32. The number of pyridine rings is 1. The summed E-state index contributed by atoms with van der Waals surface area (Å²) in [7, 11) is 2.07. The zero-order valence-corrected chi connectivity index (χ0v) is 17.1. The molecule has 0 aliphatic carbocycles. The minimum absolute atomic E-state index is 0.705. The Labute approximate surface area is 177 Å². The van der Waals surface area contributed by atoms with Crippen LogP contribution < -0.4 is 4.57 Å². The highest BCUT2D eigenvalue weighted by atomic mass is 15.0. The molecule has 0 atom stereocenters. The first-order valence-corrected chi connectivity index (χ1v) is 10.4. The molecule has 0 saturated carbocycles. The molecule has 0 radical (unpaired) electrons. The standard InChI is InChI=1S/C27H17N4/c1-15-18-8-4-3-6-16(18)12-22-23(15)27-25-20(29-14-30(27)2)11-10-19-24-17(13-28)7-5-9-21(24)31(22)26(19)25/h3-12,14H,1-2H3/q+1. The van der Waals surface area contributed by atoms with Gasteiger partial charge in [0.25, 0.3) is 6.33 Å². The van der Waals surface area contributed by atoms with Crippen molar-refractivity contribution >= 4 is 59.9 Å². The number of nitrogens with zero attached hydrogens (tertiary/aromatic N) is 4. The van der Waals surface area contributed by atoms with E-state index in [2.05, 4.69) is 77.5 Å². The summed E-state index contributed by atoms with van der Waals surface area (Å²) >= 11 is 0. The second-order valence-corrected chi connectivity index (χ2v) is 8.32. The van der Waals surface area contributed by atoms with Gasteiger partial charge in [0, 0.05) is 16.2 Å². The van der Waals surface area contributed by atoms with Crippen molar-refractivity contribution in [3.05, 3.63) is 78.1 Å². The molecule has 7 rings (SSSR count). The molecule has 0 spiro atoms. The summed E-state index contributed by atoms with van der Waals surface area (Å²) in [6.07, 6.45) is 1.90. The third-order valence-corrected chi connectivity index (χ3v) is 6.78. The Morgan fingerprint density at radius 2 is 1.77 bits per heavy atom. The van der Waals surface area contributed by atoms with Crippen molar-refractivity contribution in [2.24, 2.45) is 7.05 Å². The first kappa shape index (κ1) is 16.6. The van der Waals surface area contributed by atoms with Crippen molar-refractivity contribution in [2.75, 3.05) is 0 Å². The van der Waals surface area contributed by atoms with Crippen LogP contribution in [0.15, 0.2) is 67.0 Å². The van der Waals surface area contributed by atoms with Crippen LogP contribution in [0.3, 0.4) is 0 Å². The largest absolute Gasteiger partial charge is 0.307 e. The summed E-state index contributed by atoms with van der Waals surface area (Å²) in [5.41, 5.74) is 7.48. The van der Waals surface area contributed by atoms with Crippen LogP contribution >= 0.6 is 0 Å². The van der Waals surface area contributed by atoms with Gasteiger partial charge in [0.1, 0.15) is 5.52 Å². The van der Waals surface area contributed by atoms with E-state index in [-0.39, 0.29) is 0 Å². The Kier molecular flexibility index (Phi) is 2.92. The quantitative estimate of drug-likeness (QED) is 0.192. The molecule has 0 N–H and O–H groups in total. The molecule has 0 aliphatic heterocycles. The lowest BCUT2D eigenvalue weighted by Gasteiger charge is -2.14. The maximum absolute atomic E-state index is 9.85. The molecule has 0 amide bonds. The van der Waals surface area contributed by atoms with Crippen molar-refractivity contribution in [1.29, 1.82) is 5.26 Å². The van der Waals surface area contributed by atoms with Gasteiger partial charge in [-0.15, -0.1) is 0 Å². The molecule has 4 aromatic carbocycles. The number of aryl methyl sites for hydroxylation is 2. The van der Waals surface area contributed by atoms with Crippen molar-refractivity contribution in [2.45, 2.75) is 6.92 Å². The fourth-order valence-corrected chi connectivity index (χ4v) is 5.50. The number of nitriles is 1. The van der Waals surface area contributed by atoms with E-state index in [1.165, 1.54) is 27.2 Å². The molecule has 7 aromatic rings. The van der Waals surface area contributed by atoms with Crippen LogP contribution in [0, 0.1) is 18.3 Å². The van der Waals surface area contributed by atoms with Crippen molar-refractivity contribution < 1.29 is 4.57 Å². The lowest BCUT2D eigenvalue weighted by molar-refractivity contribution is -0.646. The molecule has 4 nitrogen and oxygen atoms in total. The topological polar surface area (TPSA) is 45.0 Å². The van der Waals surface area contributed by atoms with Crippen molar-refractivity contribution in [3.63, 3.8) is 0 Å². The van der Waals surface area contributed by atoms with Crippen LogP contribution in [-0.2, 0) is 7.05 Å². The highest BCUT2D eigenvalue weighted by Gasteiger charge is 2.25. The number of fused-ring (bicyclic) bond motifs is 7. The molecule has 3 heterocycles. The third-order valence-electron chi connectivity index (χ3n) is 6.78. The Balaban J connectivity index is 1.98. The number of benzene rings is 4. The van der Waals surface area contributed by atoms with E-state index < -0.39 is 0 Å². The average Bonchev–Trinajstić information content (AvgIpc) is 3.15.